The number of rotatable bonds is 0. The number of hydrogen-bond acceptors (Lipinski definition) is 5. The van der Waals surface area contributed by atoms with Gasteiger partial charge in [0.2, 0.25) is 0 Å². The number of carboxylic acid groups (broad SMARTS) is 1. The Morgan fingerprint density at radius 3 is 1.17 bits per heavy atom. The molecule has 6 nitrogen and oxygen atoms in total. The molecule has 2 rings (SSSR count). The summed E-state index contributed by atoms with van der Waals surface area (Å²) in [6, 6.07) is 7.33. The molecule has 0 saturated heterocycles. The van der Waals surface area contributed by atoms with Crippen molar-refractivity contribution in [3.8, 4) is 0 Å². The first kappa shape index (κ1) is 20.8. The third-order valence-electron chi connectivity index (χ3n) is 0.851. The molecule has 0 spiro atoms. The maximum absolute atomic E-state index is 9.00. The quantitative estimate of drug-likeness (QED) is 0.778. The first-order valence-corrected chi connectivity index (χ1v) is 4.28. The second-order valence-corrected chi connectivity index (χ2v) is 2.19. The van der Waals surface area contributed by atoms with E-state index in [0.717, 1.165) is 6.92 Å². The average molecular weight is 256 g/mol. The van der Waals surface area contributed by atoms with Gasteiger partial charge in [0.1, 0.15) is 0 Å². The Morgan fingerprint density at radius 1 is 0.944 bits per heavy atom. The van der Waals surface area contributed by atoms with Gasteiger partial charge in [0.05, 0.1) is 25.1 Å². The molecule has 0 radical (unpaired) electrons. The summed E-state index contributed by atoms with van der Waals surface area (Å²) in [7, 11) is 0. The summed E-state index contributed by atoms with van der Waals surface area (Å²) in [5.74, 6) is -0.833. The van der Waals surface area contributed by atoms with Crippen LogP contribution >= 0.6 is 0 Å². The van der Waals surface area contributed by atoms with Crippen LogP contribution in [0.2, 0.25) is 0 Å². The molecule has 0 bridgehead atoms. The molecular formula is C12H16O6. The number of hydrogen-bond donors (Lipinski definition) is 1. The van der Waals surface area contributed by atoms with Crippen molar-refractivity contribution in [2.45, 2.75) is 14.4 Å². The van der Waals surface area contributed by atoms with Gasteiger partial charge in [-0.25, -0.2) is 0 Å². The van der Waals surface area contributed by atoms with E-state index in [-0.39, 0.29) is 13.6 Å². The van der Waals surface area contributed by atoms with Crippen molar-refractivity contribution in [1.29, 1.82) is 0 Å². The fraction of sp³-hybridized carbons (Fsp3) is 0.167. The van der Waals surface area contributed by atoms with Crippen LogP contribution in [0.15, 0.2) is 58.2 Å². The fourth-order valence-electron chi connectivity index (χ4n) is 0.454. The Kier molecular flexibility index (Phi) is 23.0. The molecule has 1 N–H and O–H groups in total. The molecule has 6 heteroatoms. The highest BCUT2D eigenvalue weighted by atomic mass is 16.4. The third-order valence-corrected chi connectivity index (χ3v) is 0.851. The molecule has 2 aromatic rings. The Balaban J connectivity index is -0.000000168. The Bertz CT molecular complexity index is 293. The lowest BCUT2D eigenvalue weighted by Crippen LogP contribution is -1.78. The number of carbonyl (C=O) groups is 1. The van der Waals surface area contributed by atoms with Gasteiger partial charge in [0.15, 0.2) is 0 Å². The Morgan fingerprint density at radius 2 is 1.11 bits per heavy atom. The van der Waals surface area contributed by atoms with Crippen molar-refractivity contribution in [2.24, 2.45) is 0 Å². The molecule has 0 atom stereocenters. The summed E-state index contributed by atoms with van der Waals surface area (Å²) in [4.78, 5) is 25.2. The van der Waals surface area contributed by atoms with E-state index in [1.807, 2.05) is 24.3 Å². The highest BCUT2D eigenvalue weighted by molar-refractivity contribution is 5.62. The van der Waals surface area contributed by atoms with Crippen molar-refractivity contribution in [3.63, 3.8) is 0 Å². The molecule has 0 fully saturated rings. The minimum absolute atomic E-state index is 0. The molecule has 2 aromatic heterocycles. The molecule has 2 heterocycles. The van der Waals surface area contributed by atoms with Crippen LogP contribution in [0.25, 0.3) is 0 Å². The topological polar surface area (TPSA) is 97.7 Å². The highest BCUT2D eigenvalue weighted by Gasteiger charge is 1.65. The fourth-order valence-corrected chi connectivity index (χ4v) is 0.454. The molecule has 0 saturated carbocycles. The van der Waals surface area contributed by atoms with Crippen LogP contribution in [0.4, 0.5) is 0 Å². The SMILES string of the molecule is C.CC(=O)O.O=C=O.c1ccoc1.c1ccoc1. The normalized spacial score (nSPS) is 6.28. The smallest absolute Gasteiger partial charge is 0.373 e. The van der Waals surface area contributed by atoms with Crippen LogP contribution in [0.1, 0.15) is 14.4 Å². The second kappa shape index (κ2) is 19.9. The Labute approximate surface area is 105 Å². The van der Waals surface area contributed by atoms with Crippen molar-refractivity contribution >= 4 is 12.1 Å². The lowest BCUT2D eigenvalue weighted by molar-refractivity contribution is -0.191. The Hall–Kier alpha value is -2.59. The first-order chi connectivity index (χ1) is 8.15. The van der Waals surface area contributed by atoms with Gasteiger partial charge in [0.25, 0.3) is 5.97 Å². The molecule has 0 aliphatic carbocycles. The largest absolute Gasteiger partial charge is 0.481 e. The van der Waals surface area contributed by atoms with Gasteiger partial charge in [-0.1, -0.05) is 7.43 Å². The molecule has 0 aliphatic heterocycles. The molecule has 0 amide bonds. The zero-order valence-corrected chi connectivity index (χ0v) is 9.11. The van der Waals surface area contributed by atoms with Gasteiger partial charge in [-0.05, 0) is 24.3 Å². The predicted molar refractivity (Wildman–Crippen MR) is 62.5 cm³/mol. The molecular weight excluding hydrogens is 240 g/mol. The lowest BCUT2D eigenvalue weighted by Gasteiger charge is -1.59. The van der Waals surface area contributed by atoms with Crippen molar-refractivity contribution in [3.05, 3.63) is 49.3 Å². The molecule has 100 valence electrons. The van der Waals surface area contributed by atoms with Crippen LogP contribution in [0.3, 0.4) is 0 Å². The molecule has 0 unspecified atom stereocenters. The minimum atomic E-state index is -0.833. The summed E-state index contributed by atoms with van der Waals surface area (Å²) >= 11 is 0. The summed E-state index contributed by atoms with van der Waals surface area (Å²) in [5, 5.41) is 7.42. The van der Waals surface area contributed by atoms with Crippen LogP contribution in [-0.4, -0.2) is 17.2 Å². The standard InChI is InChI=1S/2C4H4O.C2H4O2.CO2.CH4/c2*1-2-4-5-3-1;1-2(3)4;2-1-3;/h2*1-4H;1H3,(H,3,4);;1H4. The molecule has 18 heavy (non-hydrogen) atoms. The first-order valence-electron chi connectivity index (χ1n) is 4.28. The van der Waals surface area contributed by atoms with E-state index in [1.165, 1.54) is 0 Å². The summed E-state index contributed by atoms with van der Waals surface area (Å²) in [6.07, 6.45) is 6.75. The van der Waals surface area contributed by atoms with Gasteiger partial charge in [-0.15, -0.1) is 0 Å². The zero-order chi connectivity index (χ0) is 13.4. The lowest BCUT2D eigenvalue weighted by atomic mass is 10.7. The maximum atomic E-state index is 9.00. The molecule has 0 aliphatic rings. The zero-order valence-electron chi connectivity index (χ0n) is 9.11. The van der Waals surface area contributed by atoms with Crippen LogP contribution < -0.4 is 0 Å². The number of furan rings is 2. The maximum Gasteiger partial charge on any atom is 0.373 e. The van der Waals surface area contributed by atoms with Gasteiger partial charge in [-0.2, -0.15) is 9.59 Å². The van der Waals surface area contributed by atoms with Gasteiger partial charge in [0, 0.05) is 6.92 Å². The number of carboxylic acids is 1. The van der Waals surface area contributed by atoms with Crippen molar-refractivity contribution in [2.75, 3.05) is 0 Å². The van der Waals surface area contributed by atoms with Crippen molar-refractivity contribution < 1.29 is 28.3 Å². The number of carbonyl (C=O) groups excluding carboxylic acids is 2. The average Bonchev–Trinajstić information content (AvgIpc) is 2.98. The van der Waals surface area contributed by atoms with E-state index >= 15 is 0 Å². The van der Waals surface area contributed by atoms with Crippen LogP contribution in [-0.2, 0) is 14.4 Å². The van der Waals surface area contributed by atoms with Crippen molar-refractivity contribution in [1.82, 2.24) is 0 Å². The minimum Gasteiger partial charge on any atom is -0.481 e. The van der Waals surface area contributed by atoms with Gasteiger partial charge in [-0.3, -0.25) is 4.79 Å². The summed E-state index contributed by atoms with van der Waals surface area (Å²) in [5.41, 5.74) is 0. The molecule has 0 aromatic carbocycles. The summed E-state index contributed by atoms with van der Waals surface area (Å²) in [6.45, 7) is 1.08. The van der Waals surface area contributed by atoms with E-state index in [2.05, 4.69) is 8.83 Å². The van der Waals surface area contributed by atoms with Gasteiger partial charge >= 0.3 is 6.15 Å². The van der Waals surface area contributed by atoms with E-state index in [4.69, 9.17) is 19.5 Å². The predicted octanol–water partition coefficient (Wildman–Crippen LogP) is 2.70. The van der Waals surface area contributed by atoms with E-state index in [9.17, 15) is 0 Å². The third kappa shape index (κ3) is 37.6. The van der Waals surface area contributed by atoms with Crippen LogP contribution in [0, 0.1) is 0 Å². The van der Waals surface area contributed by atoms with E-state index in [1.54, 1.807) is 25.1 Å². The number of aliphatic carboxylic acids is 1. The monoisotopic (exact) mass is 256 g/mol. The van der Waals surface area contributed by atoms with Crippen LogP contribution in [0.5, 0.6) is 0 Å². The second-order valence-electron chi connectivity index (χ2n) is 2.19. The van der Waals surface area contributed by atoms with Gasteiger partial charge < -0.3 is 13.9 Å². The van der Waals surface area contributed by atoms with E-state index in [0.29, 0.717) is 0 Å². The van der Waals surface area contributed by atoms with E-state index < -0.39 is 5.97 Å². The summed E-state index contributed by atoms with van der Waals surface area (Å²) < 4.78 is 9.17. The highest BCUT2D eigenvalue weighted by Crippen LogP contribution is 1.80.